The molecule has 0 spiro atoms. The Bertz CT molecular complexity index is 2710. The highest BCUT2D eigenvalue weighted by Gasteiger charge is 2.74. The lowest BCUT2D eigenvalue weighted by atomic mass is 9.33. The maximum absolute atomic E-state index is 15.5. The molecule has 20 N–H and O–H groups in total. The van der Waals surface area contributed by atoms with E-state index in [4.69, 9.17) is 56.8 Å². The van der Waals surface area contributed by atoms with Crippen LogP contribution in [0.4, 0.5) is 0 Å². The van der Waals surface area contributed by atoms with Gasteiger partial charge in [0.1, 0.15) is 115 Å². The largest absolute Gasteiger partial charge is 0.432 e. The van der Waals surface area contributed by atoms with Gasteiger partial charge in [0, 0.05) is 5.41 Å². The van der Waals surface area contributed by atoms with Crippen LogP contribution >= 0.6 is 0 Å². The fourth-order valence-corrected chi connectivity index (χ4v) is 18.8. The quantitative estimate of drug-likeness (QED) is 0.0365. The first-order valence-corrected chi connectivity index (χ1v) is 33.4. The number of hydrogen-bond donors (Lipinski definition) is 20. The van der Waals surface area contributed by atoms with Gasteiger partial charge >= 0.3 is 5.97 Å². The second kappa shape index (κ2) is 27.9. The molecule has 11 rings (SSSR count). The zero-order valence-electron chi connectivity index (χ0n) is 54.5. The number of carbonyl (C=O) groups is 1. The summed E-state index contributed by atoms with van der Waals surface area (Å²) in [6.07, 6.45) is -43.1. The summed E-state index contributed by atoms with van der Waals surface area (Å²) in [7, 11) is 0. The van der Waals surface area contributed by atoms with Crippen LogP contribution in [0.5, 0.6) is 0 Å². The van der Waals surface area contributed by atoms with Crippen LogP contribution in [-0.2, 0) is 61.6 Å². The maximum Gasteiger partial charge on any atom is 0.317 e. The topological polar surface area (TPSA) is 532 Å². The molecule has 552 valence electrons. The predicted molar refractivity (Wildman–Crippen MR) is 314 cm³/mol. The third-order valence-electron chi connectivity index (χ3n) is 24.7. The number of esters is 1. The van der Waals surface area contributed by atoms with Gasteiger partial charge in [0.2, 0.25) is 6.29 Å². The molecule has 36 atom stereocenters. The molecule has 4 unspecified atom stereocenters. The summed E-state index contributed by atoms with van der Waals surface area (Å²) in [5.74, 6) is -2.50. The lowest BCUT2D eigenvalue weighted by Gasteiger charge is -2.72. The Morgan fingerprint density at radius 3 is 1.81 bits per heavy atom. The van der Waals surface area contributed by atoms with E-state index < -0.39 is 275 Å². The normalized spacial score (nSPS) is 54.0. The summed E-state index contributed by atoms with van der Waals surface area (Å²) in [5, 5.41) is 221. The zero-order chi connectivity index (χ0) is 70.1. The molecular formula is C63H102O33. The van der Waals surface area contributed by atoms with Crippen LogP contribution in [0.15, 0.2) is 11.6 Å². The van der Waals surface area contributed by atoms with E-state index in [1.54, 1.807) is 0 Å². The van der Waals surface area contributed by atoms with Crippen LogP contribution < -0.4 is 0 Å². The molecule has 11 aliphatic rings. The van der Waals surface area contributed by atoms with E-state index in [-0.39, 0.29) is 30.6 Å². The fourth-order valence-electron chi connectivity index (χ4n) is 18.8. The fraction of sp³-hybridized carbons (Fsp3) is 0.952. The van der Waals surface area contributed by atoms with Crippen molar-refractivity contribution in [1.82, 2.24) is 0 Å². The molecule has 4 saturated carbocycles. The number of allylic oxidation sites excluding steroid dienone is 2. The van der Waals surface area contributed by atoms with Crippen molar-refractivity contribution in [1.29, 1.82) is 0 Å². The number of fused-ring (bicyclic) bond motifs is 7. The lowest BCUT2D eigenvalue weighted by Crippen LogP contribution is -2.71. The molecule has 10 fully saturated rings. The highest BCUT2D eigenvalue weighted by atomic mass is 16.8. The van der Waals surface area contributed by atoms with Gasteiger partial charge in [-0.2, -0.15) is 0 Å². The van der Waals surface area contributed by atoms with Crippen LogP contribution in [0.3, 0.4) is 0 Å². The van der Waals surface area contributed by atoms with Crippen LogP contribution in [0.25, 0.3) is 0 Å². The third-order valence-corrected chi connectivity index (χ3v) is 24.7. The molecule has 6 aliphatic heterocycles. The monoisotopic (exact) mass is 1390 g/mol. The first-order chi connectivity index (χ1) is 45.1. The van der Waals surface area contributed by atoms with Gasteiger partial charge in [-0.15, -0.1) is 0 Å². The van der Waals surface area contributed by atoms with Crippen LogP contribution in [0, 0.1) is 50.2 Å². The van der Waals surface area contributed by atoms with Crippen molar-refractivity contribution in [2.45, 2.75) is 271 Å². The first kappa shape index (κ1) is 75.1. The van der Waals surface area contributed by atoms with Crippen LogP contribution in [-0.4, -0.2) is 339 Å². The van der Waals surface area contributed by atoms with E-state index in [0.717, 1.165) is 5.57 Å². The number of carbonyl (C=O) groups excluding carboxylic acids is 1. The average molecular weight is 1390 g/mol. The second-order valence-electron chi connectivity index (χ2n) is 30.7. The minimum atomic E-state index is -2.09. The van der Waals surface area contributed by atoms with Crippen LogP contribution in [0.1, 0.15) is 92.9 Å². The standard InChI is InChI=1S/C63H102O33/c1-24-45(92-51-44(81)46(29(70)18-85-51)93-55-48(82)62(84,22-67)23-88-55)40(77)43(80)52(89-24)94-47-35(72)28(69)17-86-54(47)96-56(83)63-12-11-57(2,3)13-26(63)25-7-8-32-58(4)14-27(68)49(61(20-65,21-66)33(58)9-10-59(32,5)60(25,6)15-34(63)71)95-53-42(79)39(76)37(74)31(91-53)19-87-50-41(78)38(75)36(73)30(16-64)90-50/h7,24,26-55,64-82,84H,8-23H2,1-6H3/t24-,26-,27-,28-,29+,30+,31+,32?,33+,34+,35-,36+,37+,38-,39-,40-,41+,42+,43+,44+,45-,46?,47+,48-,49-,50+,51-,52-,53?,54?,55-,58+,59+,60+,62-,63+/m0/s1. The summed E-state index contributed by atoms with van der Waals surface area (Å²) >= 11 is 0. The molecule has 33 nitrogen and oxygen atoms in total. The summed E-state index contributed by atoms with van der Waals surface area (Å²) in [6.45, 7) is 6.34. The summed E-state index contributed by atoms with van der Waals surface area (Å²) in [6, 6.07) is 0. The minimum Gasteiger partial charge on any atom is -0.432 e. The van der Waals surface area contributed by atoms with Gasteiger partial charge in [0.05, 0.1) is 77.3 Å². The number of rotatable bonds is 17. The summed E-state index contributed by atoms with van der Waals surface area (Å²) < 4.78 is 70.1. The first-order valence-electron chi connectivity index (χ1n) is 33.4. The van der Waals surface area contributed by atoms with E-state index in [1.807, 2.05) is 6.92 Å². The van der Waals surface area contributed by atoms with E-state index in [0.29, 0.717) is 32.1 Å². The van der Waals surface area contributed by atoms with Gasteiger partial charge in [-0.05, 0) is 97.7 Å². The average Bonchev–Trinajstić information content (AvgIpc) is 1.24. The van der Waals surface area contributed by atoms with E-state index in [9.17, 15) is 102 Å². The van der Waals surface area contributed by atoms with Crippen molar-refractivity contribution >= 4 is 5.97 Å². The minimum absolute atomic E-state index is 0.0176. The molecule has 0 aromatic heterocycles. The molecular weight excluding hydrogens is 1280 g/mol. The molecule has 5 aliphatic carbocycles. The van der Waals surface area contributed by atoms with Crippen molar-refractivity contribution in [2.24, 2.45) is 50.2 Å². The van der Waals surface area contributed by atoms with Gasteiger partial charge in [-0.25, -0.2) is 0 Å². The summed E-state index contributed by atoms with van der Waals surface area (Å²) in [4.78, 5) is 15.5. The van der Waals surface area contributed by atoms with Crippen molar-refractivity contribution < 1.29 is 164 Å². The Morgan fingerprint density at radius 2 is 1.16 bits per heavy atom. The second-order valence-corrected chi connectivity index (χ2v) is 30.7. The van der Waals surface area contributed by atoms with Gasteiger partial charge < -0.3 is 159 Å². The molecule has 6 heterocycles. The number of aliphatic hydroxyl groups is 20. The Kier molecular flexibility index (Phi) is 21.8. The lowest BCUT2D eigenvalue weighted by molar-refractivity contribution is -0.372. The molecule has 0 aromatic rings. The van der Waals surface area contributed by atoms with Crippen LogP contribution in [0.2, 0.25) is 0 Å². The van der Waals surface area contributed by atoms with Crippen molar-refractivity contribution in [3.8, 4) is 0 Å². The number of ether oxygens (including phenoxy) is 12. The molecule has 0 amide bonds. The highest BCUT2D eigenvalue weighted by molar-refractivity contribution is 5.80. The van der Waals surface area contributed by atoms with Gasteiger partial charge in [-0.1, -0.05) is 46.3 Å². The molecule has 0 radical (unpaired) electrons. The Hall–Kier alpha value is -2.03. The van der Waals surface area contributed by atoms with Gasteiger partial charge in [0.25, 0.3) is 0 Å². The van der Waals surface area contributed by atoms with E-state index in [1.165, 1.54) is 6.92 Å². The van der Waals surface area contributed by atoms with Crippen molar-refractivity contribution in [3.05, 3.63) is 11.6 Å². The highest BCUT2D eigenvalue weighted by Crippen LogP contribution is 2.76. The SMILES string of the molecule is C[C@@H]1O[C@@H](O[C@H]2C(OC(=O)[C@]34CCC(C)(C)C[C@H]3C3=CCC5[C@@]6(C)C[C@H](O)[C@H](OC7O[C@H](CO[C@@H]8O[C@H](CO)[C@@H](O)[C@H](O)[C@H]8O)[C@@H](O)[C@H](O)[C@H]7O)C(CO)(CO)[C@@H]6CC[C@@]5(C)[C@]3(C)C[C@H]4O)OC[C@H](O)[C@@H]2O)[C@H](O)[C@H](O)[C@H]1O[C@@H]1OC[C@@H](O)C(O[C@@H]2OC[C@@](O)(CO)[C@H]2O)[C@H]1O. The molecule has 33 heteroatoms. The Morgan fingerprint density at radius 1 is 0.552 bits per heavy atom. The van der Waals surface area contributed by atoms with Crippen molar-refractivity contribution in [3.63, 3.8) is 0 Å². The third kappa shape index (κ3) is 12.4. The van der Waals surface area contributed by atoms with Gasteiger partial charge in [0.15, 0.2) is 37.6 Å². The van der Waals surface area contributed by atoms with E-state index in [2.05, 4.69) is 33.8 Å². The Labute approximate surface area is 553 Å². The number of hydrogen-bond acceptors (Lipinski definition) is 33. The molecule has 0 aromatic carbocycles. The smallest absolute Gasteiger partial charge is 0.317 e. The molecule has 96 heavy (non-hydrogen) atoms. The number of aliphatic hydroxyl groups excluding tert-OH is 19. The van der Waals surface area contributed by atoms with E-state index >= 15 is 4.79 Å². The van der Waals surface area contributed by atoms with Gasteiger partial charge in [-0.3, -0.25) is 4.79 Å². The molecule has 0 bridgehead atoms. The Balaban J connectivity index is 0.793. The summed E-state index contributed by atoms with van der Waals surface area (Å²) in [5.41, 5.74) is -7.34. The maximum atomic E-state index is 15.5. The molecule has 6 saturated heterocycles. The zero-order valence-corrected chi connectivity index (χ0v) is 54.5. The van der Waals surface area contributed by atoms with Crippen molar-refractivity contribution in [2.75, 3.05) is 52.9 Å². The predicted octanol–water partition coefficient (Wildman–Crippen LogP) is -7.55.